The van der Waals surface area contributed by atoms with E-state index in [0.717, 1.165) is 89.4 Å². The number of rotatable bonds is 6. The van der Waals surface area contributed by atoms with Crippen molar-refractivity contribution in [3.8, 4) is 44.5 Å². The largest absolute Gasteiger partial charge is 0.354 e. The molecule has 2 N–H and O–H groups in total. The third kappa shape index (κ3) is 7.31. The van der Waals surface area contributed by atoms with Crippen molar-refractivity contribution < 1.29 is 9.59 Å². The molecule has 65 heavy (non-hydrogen) atoms. The number of allylic oxidation sites excluding steroid dienone is 4. The summed E-state index contributed by atoms with van der Waals surface area (Å²) in [6.45, 7) is 6.30. The summed E-state index contributed by atoms with van der Waals surface area (Å²) in [5.74, 6) is -0.399. The molecule has 3 aromatic heterocycles. The molecular formula is C59H42N4O2. The molecule has 310 valence electrons. The van der Waals surface area contributed by atoms with E-state index in [0.29, 0.717) is 22.3 Å². The van der Waals surface area contributed by atoms with Crippen molar-refractivity contribution >= 4 is 69.1 Å². The molecule has 0 atom stereocenters. The fraction of sp³-hybridized carbons (Fsp3) is 0.0508. The van der Waals surface area contributed by atoms with Gasteiger partial charge in [-0.05, 0) is 115 Å². The van der Waals surface area contributed by atoms with Crippen LogP contribution < -0.4 is 0 Å². The van der Waals surface area contributed by atoms with Crippen LogP contribution in [0, 0.1) is 20.8 Å². The molecular weight excluding hydrogens is 797 g/mol. The van der Waals surface area contributed by atoms with Crippen LogP contribution in [0.5, 0.6) is 0 Å². The van der Waals surface area contributed by atoms with E-state index in [1.807, 2.05) is 54.6 Å². The molecule has 0 radical (unpaired) electrons. The standard InChI is InChI=1S/C59H42N4O2/c1-35-9-15-40(16-10-35)55-47-25-27-49(60-47)56(41-17-11-36(2)12-18-41)51-29-31-53(62-51)58(54-32-30-52(63-54)57(50-28-26-48(55)61-50)42-19-13-37(3)14-20-42)43-23-21-39(22-24-43)46-34-44(64)33-45(59(46)65)38-7-5-4-6-8-38/h4-34,60,63H,1-3H3. The van der Waals surface area contributed by atoms with Crippen LogP contribution in [0.2, 0.25) is 0 Å². The highest BCUT2D eigenvalue weighted by Gasteiger charge is 2.25. The van der Waals surface area contributed by atoms with E-state index in [2.05, 4.69) is 152 Å². The van der Waals surface area contributed by atoms with Gasteiger partial charge in [-0.2, -0.15) is 0 Å². The Hall–Kier alpha value is -8.48. The average molecular weight is 839 g/mol. The monoisotopic (exact) mass is 838 g/mol. The number of aryl methyl sites for hydroxylation is 3. The first-order valence-corrected chi connectivity index (χ1v) is 21.8. The smallest absolute Gasteiger partial charge is 0.194 e. The van der Waals surface area contributed by atoms with Gasteiger partial charge in [-0.3, -0.25) is 9.59 Å². The van der Waals surface area contributed by atoms with E-state index in [1.165, 1.54) is 28.8 Å². The topological polar surface area (TPSA) is 91.5 Å². The van der Waals surface area contributed by atoms with Crippen molar-refractivity contribution in [2.75, 3.05) is 0 Å². The highest BCUT2D eigenvalue weighted by atomic mass is 16.1. The number of hydrogen-bond acceptors (Lipinski definition) is 4. The van der Waals surface area contributed by atoms with Crippen LogP contribution in [0.25, 0.3) is 102 Å². The quantitative estimate of drug-likeness (QED) is 0.163. The van der Waals surface area contributed by atoms with Crippen LogP contribution in [0.3, 0.4) is 0 Å². The van der Waals surface area contributed by atoms with Gasteiger partial charge in [0, 0.05) is 55.5 Å². The predicted octanol–water partition coefficient (Wildman–Crippen LogP) is 13.9. The molecule has 11 rings (SSSR count). The summed E-state index contributed by atoms with van der Waals surface area (Å²) in [5.41, 5.74) is 20.5. The number of nitrogens with one attached hydrogen (secondary N) is 2. The molecule has 0 fully saturated rings. The minimum absolute atomic E-state index is 0.184. The van der Waals surface area contributed by atoms with Crippen LogP contribution in [-0.2, 0) is 9.59 Å². The molecule has 6 nitrogen and oxygen atoms in total. The molecule has 5 aromatic carbocycles. The van der Waals surface area contributed by atoms with Crippen molar-refractivity contribution in [3.63, 3.8) is 0 Å². The van der Waals surface area contributed by atoms with Gasteiger partial charge < -0.3 is 9.97 Å². The molecule has 1 aliphatic carbocycles. The van der Waals surface area contributed by atoms with Gasteiger partial charge in [-0.25, -0.2) is 9.97 Å². The Kier molecular flexibility index (Phi) is 9.70. The third-order valence-electron chi connectivity index (χ3n) is 12.4. The van der Waals surface area contributed by atoms with Crippen molar-refractivity contribution in [2.45, 2.75) is 20.8 Å². The first kappa shape index (κ1) is 39.4. The number of fused-ring (bicyclic) bond motifs is 8. The molecule has 0 amide bonds. The van der Waals surface area contributed by atoms with Crippen LogP contribution in [0.15, 0.2) is 164 Å². The van der Waals surface area contributed by atoms with Gasteiger partial charge in [0.2, 0.25) is 0 Å². The first-order valence-electron chi connectivity index (χ1n) is 21.8. The summed E-state index contributed by atoms with van der Waals surface area (Å²) in [5, 5.41) is 0. The number of hydrogen-bond donors (Lipinski definition) is 2. The zero-order chi connectivity index (χ0) is 44.2. The molecule has 0 saturated carbocycles. The van der Waals surface area contributed by atoms with Crippen molar-refractivity contribution in [3.05, 3.63) is 214 Å². The number of aromatic amines is 2. The summed E-state index contributed by atoms with van der Waals surface area (Å²) in [4.78, 5) is 45.5. The van der Waals surface area contributed by atoms with E-state index in [4.69, 9.17) is 9.97 Å². The Morgan fingerprint density at radius 2 is 0.631 bits per heavy atom. The first-order chi connectivity index (χ1) is 31.7. The number of Topliss-reactive ketones (excluding diaryl/α,β-unsaturated/α-hetero) is 1. The summed E-state index contributed by atoms with van der Waals surface area (Å²) in [6.07, 6.45) is 11.3. The van der Waals surface area contributed by atoms with E-state index in [9.17, 15) is 9.59 Å². The second kappa shape index (κ2) is 16.0. The highest BCUT2D eigenvalue weighted by Crippen LogP contribution is 2.39. The Bertz CT molecular complexity index is 3500. The van der Waals surface area contributed by atoms with Crippen LogP contribution in [-0.4, -0.2) is 31.5 Å². The third-order valence-corrected chi connectivity index (χ3v) is 12.4. The van der Waals surface area contributed by atoms with Crippen molar-refractivity contribution in [2.24, 2.45) is 0 Å². The summed E-state index contributed by atoms with van der Waals surface area (Å²) in [6, 6.07) is 51.5. The fourth-order valence-corrected chi connectivity index (χ4v) is 9.05. The molecule has 0 spiro atoms. The maximum atomic E-state index is 13.9. The zero-order valence-electron chi connectivity index (χ0n) is 36.1. The van der Waals surface area contributed by atoms with Crippen molar-refractivity contribution in [1.29, 1.82) is 0 Å². The van der Waals surface area contributed by atoms with Gasteiger partial charge in [0.25, 0.3) is 0 Å². The van der Waals surface area contributed by atoms with Crippen LogP contribution in [0.4, 0.5) is 0 Å². The van der Waals surface area contributed by atoms with Gasteiger partial charge in [0.15, 0.2) is 11.6 Å². The number of ketones is 2. The number of carbonyl (C=O) groups excluding carboxylic acids is 2. The van der Waals surface area contributed by atoms with Gasteiger partial charge >= 0.3 is 0 Å². The molecule has 2 aliphatic heterocycles. The molecule has 5 heterocycles. The fourth-order valence-electron chi connectivity index (χ4n) is 9.05. The Labute approximate surface area is 376 Å². The van der Waals surface area contributed by atoms with E-state index in [1.54, 1.807) is 0 Å². The van der Waals surface area contributed by atoms with E-state index >= 15 is 0 Å². The summed E-state index contributed by atoms with van der Waals surface area (Å²) >= 11 is 0. The second-order valence-electron chi connectivity index (χ2n) is 16.9. The van der Waals surface area contributed by atoms with Crippen molar-refractivity contribution in [1.82, 2.24) is 19.9 Å². The molecule has 6 heteroatoms. The number of carbonyl (C=O) groups is 2. The minimum atomic E-state index is -0.215. The maximum absolute atomic E-state index is 13.9. The zero-order valence-corrected chi connectivity index (χ0v) is 36.1. The van der Waals surface area contributed by atoms with Gasteiger partial charge in [0.05, 0.1) is 22.8 Å². The van der Waals surface area contributed by atoms with E-state index < -0.39 is 0 Å². The Balaban J connectivity index is 1.18. The second-order valence-corrected chi connectivity index (χ2v) is 16.9. The lowest BCUT2D eigenvalue weighted by molar-refractivity contribution is -0.112. The number of benzene rings is 5. The molecule has 0 saturated heterocycles. The molecule has 8 bridgehead atoms. The number of H-pyrrole nitrogens is 2. The van der Waals surface area contributed by atoms with E-state index in [-0.39, 0.29) is 11.6 Å². The minimum Gasteiger partial charge on any atom is -0.354 e. The lowest BCUT2D eigenvalue weighted by Gasteiger charge is -2.15. The van der Waals surface area contributed by atoms with Gasteiger partial charge in [0.1, 0.15) is 0 Å². The summed E-state index contributed by atoms with van der Waals surface area (Å²) in [7, 11) is 0. The SMILES string of the molecule is Cc1ccc(-c2c3nc(c(-c4ccc(C)cc4)c4ccc([nH]4)c(-c4ccc(C5=CC(=O)C=C(c6ccccc6)C5=O)cc4)c4nc(c(-c5ccc(C)cc5)c5ccc2[nH]5)C=C4)C=C3)cc1. The summed E-state index contributed by atoms with van der Waals surface area (Å²) < 4.78 is 0. The van der Waals surface area contributed by atoms with Crippen LogP contribution >= 0.6 is 0 Å². The number of aromatic nitrogens is 4. The predicted molar refractivity (Wildman–Crippen MR) is 267 cm³/mol. The lowest BCUT2D eigenvalue weighted by Crippen LogP contribution is -2.12. The van der Waals surface area contributed by atoms with Crippen LogP contribution in [0.1, 0.15) is 50.6 Å². The maximum Gasteiger partial charge on any atom is 0.194 e. The molecule has 8 aromatic rings. The van der Waals surface area contributed by atoms with Gasteiger partial charge in [-0.1, -0.05) is 144 Å². The van der Waals surface area contributed by atoms with Gasteiger partial charge in [-0.15, -0.1) is 0 Å². The molecule has 0 unspecified atom stereocenters. The lowest BCUT2D eigenvalue weighted by atomic mass is 9.87. The normalized spacial score (nSPS) is 13.3. The average Bonchev–Trinajstić information content (AvgIpc) is 4.18. The number of nitrogens with zero attached hydrogens (tertiary/aromatic N) is 2. The highest BCUT2D eigenvalue weighted by molar-refractivity contribution is 6.48. The Morgan fingerprint density at radius 3 is 0.969 bits per heavy atom. The molecule has 3 aliphatic rings. The Morgan fingerprint density at radius 1 is 0.338 bits per heavy atom.